The van der Waals surface area contributed by atoms with E-state index in [0.717, 1.165) is 38.4 Å². The molecule has 1 heterocycles. The number of hydrogen-bond acceptors (Lipinski definition) is 3. The van der Waals surface area contributed by atoms with Crippen LogP contribution in [0.3, 0.4) is 0 Å². The molecule has 3 rings (SSSR count). The molecule has 3 heteroatoms. The van der Waals surface area contributed by atoms with Crippen molar-refractivity contribution in [3.05, 3.63) is 60.2 Å². The van der Waals surface area contributed by atoms with Crippen molar-refractivity contribution in [2.75, 3.05) is 36.8 Å². The van der Waals surface area contributed by atoms with E-state index in [1.54, 1.807) is 0 Å². The molecule has 1 aliphatic rings. The van der Waals surface area contributed by atoms with Crippen molar-refractivity contribution in [1.82, 2.24) is 4.90 Å². The molecule has 2 aromatic carbocycles. The number of nitrogen functional groups attached to an aromatic ring is 1. The Morgan fingerprint density at radius 3 is 2.15 bits per heavy atom. The summed E-state index contributed by atoms with van der Waals surface area (Å²) in [7, 11) is 0. The van der Waals surface area contributed by atoms with E-state index in [2.05, 4.69) is 52.3 Å². The van der Waals surface area contributed by atoms with Crippen LogP contribution in [0.4, 0.5) is 11.4 Å². The molecule has 3 nitrogen and oxygen atoms in total. The number of benzene rings is 2. The zero-order valence-electron chi connectivity index (χ0n) is 11.7. The van der Waals surface area contributed by atoms with Crippen molar-refractivity contribution < 1.29 is 0 Å². The van der Waals surface area contributed by atoms with Crippen LogP contribution in [-0.4, -0.2) is 31.1 Å². The van der Waals surface area contributed by atoms with Crippen LogP contribution in [0.15, 0.2) is 54.6 Å². The molecule has 104 valence electrons. The van der Waals surface area contributed by atoms with Crippen molar-refractivity contribution in [2.45, 2.75) is 6.54 Å². The molecule has 1 aliphatic heterocycles. The van der Waals surface area contributed by atoms with E-state index in [1.165, 1.54) is 11.3 Å². The molecular weight excluding hydrogens is 246 g/mol. The zero-order valence-corrected chi connectivity index (χ0v) is 11.7. The molecule has 2 N–H and O–H groups in total. The number of rotatable bonds is 3. The summed E-state index contributed by atoms with van der Waals surface area (Å²) in [5, 5.41) is 0. The second kappa shape index (κ2) is 5.97. The first-order valence-corrected chi connectivity index (χ1v) is 7.19. The van der Waals surface area contributed by atoms with Crippen molar-refractivity contribution >= 4 is 11.4 Å². The molecule has 0 unspecified atom stereocenters. The monoisotopic (exact) mass is 267 g/mol. The molecule has 1 saturated heterocycles. The highest BCUT2D eigenvalue weighted by molar-refractivity contribution is 5.67. The lowest BCUT2D eigenvalue weighted by Gasteiger charge is -2.36. The topological polar surface area (TPSA) is 32.5 Å². The van der Waals surface area contributed by atoms with Gasteiger partial charge in [0.15, 0.2) is 0 Å². The van der Waals surface area contributed by atoms with Gasteiger partial charge in [-0.15, -0.1) is 0 Å². The summed E-state index contributed by atoms with van der Waals surface area (Å²) >= 11 is 0. The fraction of sp³-hybridized carbons (Fsp3) is 0.294. The third-order valence-corrected chi connectivity index (χ3v) is 3.90. The van der Waals surface area contributed by atoms with E-state index >= 15 is 0 Å². The van der Waals surface area contributed by atoms with Crippen molar-refractivity contribution in [2.24, 2.45) is 0 Å². The fourth-order valence-corrected chi connectivity index (χ4v) is 2.76. The molecule has 0 amide bonds. The largest absolute Gasteiger partial charge is 0.397 e. The lowest BCUT2D eigenvalue weighted by Crippen LogP contribution is -2.46. The summed E-state index contributed by atoms with van der Waals surface area (Å²) in [6.07, 6.45) is 0. The maximum Gasteiger partial charge on any atom is 0.0600 e. The number of para-hydroxylation sites is 2. The van der Waals surface area contributed by atoms with Crippen LogP contribution < -0.4 is 10.6 Å². The molecule has 0 radical (unpaired) electrons. The lowest BCUT2D eigenvalue weighted by atomic mass is 10.2. The van der Waals surface area contributed by atoms with Crippen LogP contribution in [0.2, 0.25) is 0 Å². The van der Waals surface area contributed by atoms with Crippen LogP contribution in [0.5, 0.6) is 0 Å². The molecule has 0 bridgehead atoms. The van der Waals surface area contributed by atoms with Gasteiger partial charge in [0, 0.05) is 32.7 Å². The predicted molar refractivity (Wildman–Crippen MR) is 84.8 cm³/mol. The van der Waals surface area contributed by atoms with Gasteiger partial charge in [-0.25, -0.2) is 0 Å². The number of nitrogens with zero attached hydrogens (tertiary/aromatic N) is 2. The third kappa shape index (κ3) is 2.94. The highest BCUT2D eigenvalue weighted by Crippen LogP contribution is 2.23. The van der Waals surface area contributed by atoms with Crippen LogP contribution in [-0.2, 0) is 6.54 Å². The lowest BCUT2D eigenvalue weighted by molar-refractivity contribution is 0.250. The normalized spacial score (nSPS) is 16.3. The average molecular weight is 267 g/mol. The fourth-order valence-electron chi connectivity index (χ4n) is 2.76. The number of anilines is 2. The van der Waals surface area contributed by atoms with Gasteiger partial charge >= 0.3 is 0 Å². The quantitative estimate of drug-likeness (QED) is 0.868. The maximum absolute atomic E-state index is 6.05. The summed E-state index contributed by atoms with van der Waals surface area (Å²) in [6, 6.07) is 18.8. The zero-order chi connectivity index (χ0) is 13.8. The van der Waals surface area contributed by atoms with E-state index in [9.17, 15) is 0 Å². The first kappa shape index (κ1) is 13.0. The Bertz CT molecular complexity index is 545. The van der Waals surface area contributed by atoms with E-state index < -0.39 is 0 Å². The van der Waals surface area contributed by atoms with Gasteiger partial charge < -0.3 is 10.6 Å². The number of piperazine rings is 1. The minimum atomic E-state index is 0.879. The van der Waals surface area contributed by atoms with E-state index in [1.807, 2.05) is 12.1 Å². The molecule has 0 saturated carbocycles. The van der Waals surface area contributed by atoms with Crippen molar-refractivity contribution in [3.63, 3.8) is 0 Å². The summed E-state index contributed by atoms with van der Waals surface area (Å²) < 4.78 is 0. The van der Waals surface area contributed by atoms with Gasteiger partial charge in [0.1, 0.15) is 0 Å². The molecule has 20 heavy (non-hydrogen) atoms. The first-order chi connectivity index (χ1) is 9.83. The number of hydrogen-bond donors (Lipinski definition) is 1. The van der Waals surface area contributed by atoms with Gasteiger partial charge in [0.2, 0.25) is 0 Å². The van der Waals surface area contributed by atoms with Crippen LogP contribution in [0, 0.1) is 0 Å². The SMILES string of the molecule is Nc1ccccc1N1CCN(Cc2ccccc2)CC1. The minimum absolute atomic E-state index is 0.879. The summed E-state index contributed by atoms with van der Waals surface area (Å²) in [5.41, 5.74) is 9.50. The Kier molecular flexibility index (Phi) is 3.88. The molecule has 2 aromatic rings. The highest BCUT2D eigenvalue weighted by atomic mass is 15.3. The number of nitrogens with two attached hydrogens (primary N) is 1. The van der Waals surface area contributed by atoms with Crippen molar-refractivity contribution in [3.8, 4) is 0 Å². The first-order valence-electron chi connectivity index (χ1n) is 7.19. The Labute approximate surface area is 120 Å². The summed E-state index contributed by atoms with van der Waals surface area (Å²) in [6.45, 7) is 5.30. The highest BCUT2D eigenvalue weighted by Gasteiger charge is 2.18. The second-order valence-corrected chi connectivity index (χ2v) is 5.31. The summed E-state index contributed by atoms with van der Waals surface area (Å²) in [4.78, 5) is 4.89. The minimum Gasteiger partial charge on any atom is -0.397 e. The van der Waals surface area contributed by atoms with Gasteiger partial charge in [0.05, 0.1) is 11.4 Å². The van der Waals surface area contributed by atoms with Gasteiger partial charge in [-0.2, -0.15) is 0 Å². The smallest absolute Gasteiger partial charge is 0.0600 e. The van der Waals surface area contributed by atoms with Crippen LogP contribution in [0.25, 0.3) is 0 Å². The second-order valence-electron chi connectivity index (χ2n) is 5.31. The molecule has 0 aromatic heterocycles. The van der Waals surface area contributed by atoms with E-state index in [4.69, 9.17) is 5.73 Å². The maximum atomic E-state index is 6.05. The van der Waals surface area contributed by atoms with E-state index in [0.29, 0.717) is 0 Å². The average Bonchev–Trinajstić information content (AvgIpc) is 2.50. The Morgan fingerprint density at radius 2 is 1.45 bits per heavy atom. The molecule has 0 atom stereocenters. The van der Waals surface area contributed by atoms with Gasteiger partial charge in [0.25, 0.3) is 0 Å². The Balaban J connectivity index is 1.59. The van der Waals surface area contributed by atoms with Crippen LogP contribution >= 0.6 is 0 Å². The van der Waals surface area contributed by atoms with Gasteiger partial charge in [-0.1, -0.05) is 42.5 Å². The Hall–Kier alpha value is -2.00. The molecule has 1 fully saturated rings. The molecule has 0 aliphatic carbocycles. The predicted octanol–water partition coefficient (Wildman–Crippen LogP) is 2.59. The van der Waals surface area contributed by atoms with Crippen LogP contribution in [0.1, 0.15) is 5.56 Å². The van der Waals surface area contributed by atoms with E-state index in [-0.39, 0.29) is 0 Å². The standard InChI is InChI=1S/C17H21N3/c18-16-8-4-5-9-17(16)20-12-10-19(11-13-20)14-15-6-2-1-3-7-15/h1-9H,10-14,18H2. The molecular formula is C17H21N3. The Morgan fingerprint density at radius 1 is 0.800 bits per heavy atom. The van der Waals surface area contributed by atoms with Gasteiger partial charge in [-0.05, 0) is 17.7 Å². The van der Waals surface area contributed by atoms with Crippen molar-refractivity contribution in [1.29, 1.82) is 0 Å². The third-order valence-electron chi connectivity index (χ3n) is 3.90. The van der Waals surface area contributed by atoms with Gasteiger partial charge in [-0.3, -0.25) is 4.90 Å². The summed E-state index contributed by atoms with van der Waals surface area (Å²) in [5.74, 6) is 0. The molecule has 0 spiro atoms.